The van der Waals surface area contributed by atoms with Gasteiger partial charge in [-0.1, -0.05) is 31.5 Å². The van der Waals surface area contributed by atoms with Crippen LogP contribution in [-0.2, 0) is 4.79 Å². The van der Waals surface area contributed by atoms with Crippen LogP contribution in [0.3, 0.4) is 0 Å². The fraction of sp³-hybridized carbons (Fsp3) is 0.333. The number of nitrogens with one attached hydrogen (secondary N) is 2. The number of amides is 3. The Kier molecular flexibility index (Phi) is 4.97. The average Bonchev–Trinajstić information content (AvgIpc) is 2.25. The van der Waals surface area contributed by atoms with E-state index in [1.165, 1.54) is 0 Å². The Bertz CT molecular complexity index is 449. The standard InChI is InChI=1S/C12H16ClN3O2/c1-7(2)10(16-12(14)18)11(17)15-9-5-3-4-8(13)6-9/h3-7,10H,1-2H3,(H,15,17)(H3,14,16,18). The highest BCUT2D eigenvalue weighted by atomic mass is 35.5. The molecule has 6 heteroatoms. The maximum atomic E-state index is 12.0. The van der Waals surface area contributed by atoms with E-state index in [-0.39, 0.29) is 11.8 Å². The van der Waals surface area contributed by atoms with E-state index in [2.05, 4.69) is 10.6 Å². The lowest BCUT2D eigenvalue weighted by Gasteiger charge is -2.20. The van der Waals surface area contributed by atoms with E-state index >= 15 is 0 Å². The maximum absolute atomic E-state index is 12.0. The van der Waals surface area contributed by atoms with E-state index in [1.807, 2.05) is 13.8 Å². The molecule has 1 aromatic carbocycles. The Labute approximate surface area is 111 Å². The van der Waals surface area contributed by atoms with Crippen molar-refractivity contribution in [3.63, 3.8) is 0 Å². The van der Waals surface area contributed by atoms with Crippen LogP contribution in [0, 0.1) is 5.92 Å². The molecule has 18 heavy (non-hydrogen) atoms. The highest BCUT2D eigenvalue weighted by molar-refractivity contribution is 6.30. The summed E-state index contributed by atoms with van der Waals surface area (Å²) in [7, 11) is 0. The Morgan fingerprint density at radius 3 is 2.50 bits per heavy atom. The molecule has 0 saturated heterocycles. The van der Waals surface area contributed by atoms with Gasteiger partial charge in [0.25, 0.3) is 0 Å². The summed E-state index contributed by atoms with van der Waals surface area (Å²) < 4.78 is 0. The zero-order valence-electron chi connectivity index (χ0n) is 10.2. The van der Waals surface area contributed by atoms with Crippen molar-refractivity contribution in [2.45, 2.75) is 19.9 Å². The zero-order valence-corrected chi connectivity index (χ0v) is 11.0. The summed E-state index contributed by atoms with van der Waals surface area (Å²) in [6, 6.07) is 5.37. The SMILES string of the molecule is CC(C)C(NC(N)=O)C(=O)Nc1cccc(Cl)c1. The molecule has 0 saturated carbocycles. The molecule has 1 rings (SSSR count). The van der Waals surface area contributed by atoms with Gasteiger partial charge in [-0.05, 0) is 24.1 Å². The third kappa shape index (κ3) is 4.25. The Morgan fingerprint density at radius 1 is 1.33 bits per heavy atom. The van der Waals surface area contributed by atoms with E-state index in [0.717, 1.165) is 0 Å². The number of halogens is 1. The highest BCUT2D eigenvalue weighted by Gasteiger charge is 2.23. The number of nitrogens with two attached hydrogens (primary N) is 1. The first-order valence-electron chi connectivity index (χ1n) is 5.52. The lowest BCUT2D eigenvalue weighted by atomic mass is 10.0. The number of benzene rings is 1. The van der Waals surface area contributed by atoms with Gasteiger partial charge < -0.3 is 16.4 Å². The van der Waals surface area contributed by atoms with Gasteiger partial charge in [0.05, 0.1) is 0 Å². The molecule has 5 nitrogen and oxygen atoms in total. The van der Waals surface area contributed by atoms with Crippen LogP contribution < -0.4 is 16.4 Å². The maximum Gasteiger partial charge on any atom is 0.312 e. The number of hydrogen-bond donors (Lipinski definition) is 3. The Morgan fingerprint density at radius 2 is 2.00 bits per heavy atom. The molecule has 0 fully saturated rings. The molecule has 0 radical (unpaired) electrons. The fourth-order valence-electron chi connectivity index (χ4n) is 1.47. The lowest BCUT2D eigenvalue weighted by molar-refractivity contribution is -0.118. The van der Waals surface area contributed by atoms with Crippen LogP contribution in [-0.4, -0.2) is 18.0 Å². The molecular weight excluding hydrogens is 254 g/mol. The van der Waals surface area contributed by atoms with E-state index in [1.54, 1.807) is 24.3 Å². The quantitative estimate of drug-likeness (QED) is 0.781. The van der Waals surface area contributed by atoms with Crippen LogP contribution in [0.2, 0.25) is 5.02 Å². The minimum Gasteiger partial charge on any atom is -0.352 e. The van der Waals surface area contributed by atoms with Crippen molar-refractivity contribution in [1.82, 2.24) is 5.32 Å². The van der Waals surface area contributed by atoms with Crippen molar-refractivity contribution < 1.29 is 9.59 Å². The van der Waals surface area contributed by atoms with Gasteiger partial charge in [0.15, 0.2) is 0 Å². The largest absolute Gasteiger partial charge is 0.352 e. The summed E-state index contributed by atoms with van der Waals surface area (Å²) in [4.78, 5) is 22.8. The molecule has 1 aromatic rings. The van der Waals surface area contributed by atoms with Crippen molar-refractivity contribution in [2.75, 3.05) is 5.32 Å². The Hall–Kier alpha value is -1.75. The number of carbonyl (C=O) groups is 2. The van der Waals surface area contributed by atoms with Crippen LogP contribution in [0.4, 0.5) is 10.5 Å². The molecule has 0 heterocycles. The van der Waals surface area contributed by atoms with Crippen molar-refractivity contribution in [3.05, 3.63) is 29.3 Å². The van der Waals surface area contributed by atoms with Gasteiger partial charge in [-0.2, -0.15) is 0 Å². The first kappa shape index (κ1) is 14.3. The minimum absolute atomic E-state index is 0.0725. The van der Waals surface area contributed by atoms with Crippen LogP contribution in [0.25, 0.3) is 0 Å². The molecule has 4 N–H and O–H groups in total. The van der Waals surface area contributed by atoms with Crippen LogP contribution in [0.15, 0.2) is 24.3 Å². The summed E-state index contributed by atoms with van der Waals surface area (Å²) in [5, 5.41) is 5.61. The number of hydrogen-bond acceptors (Lipinski definition) is 2. The van der Waals surface area contributed by atoms with Gasteiger partial charge in [0.2, 0.25) is 5.91 Å². The molecule has 0 aliphatic rings. The first-order chi connectivity index (χ1) is 8.40. The third-order valence-electron chi connectivity index (χ3n) is 2.34. The molecule has 98 valence electrons. The van der Waals surface area contributed by atoms with Crippen LogP contribution >= 0.6 is 11.6 Å². The molecule has 1 unspecified atom stereocenters. The fourth-order valence-corrected chi connectivity index (χ4v) is 1.66. The molecule has 0 aliphatic heterocycles. The van der Waals surface area contributed by atoms with E-state index in [9.17, 15) is 9.59 Å². The number of carbonyl (C=O) groups excluding carboxylic acids is 2. The van der Waals surface area contributed by atoms with Gasteiger partial charge in [-0.25, -0.2) is 4.79 Å². The predicted molar refractivity (Wildman–Crippen MR) is 71.4 cm³/mol. The third-order valence-corrected chi connectivity index (χ3v) is 2.57. The molecule has 0 aromatic heterocycles. The number of rotatable bonds is 4. The second-order valence-electron chi connectivity index (χ2n) is 4.23. The number of primary amides is 1. The van der Waals surface area contributed by atoms with E-state index in [4.69, 9.17) is 17.3 Å². The summed E-state index contributed by atoms with van der Waals surface area (Å²) in [5.41, 5.74) is 5.61. The van der Waals surface area contributed by atoms with E-state index in [0.29, 0.717) is 10.7 Å². The van der Waals surface area contributed by atoms with Crippen molar-refractivity contribution in [2.24, 2.45) is 11.7 Å². The molecule has 1 atom stereocenters. The molecular formula is C12H16ClN3O2. The topological polar surface area (TPSA) is 84.2 Å². The van der Waals surface area contributed by atoms with Gasteiger partial charge >= 0.3 is 6.03 Å². The summed E-state index contributed by atoms with van der Waals surface area (Å²) in [6.45, 7) is 3.64. The molecule has 3 amide bonds. The Balaban J connectivity index is 2.75. The van der Waals surface area contributed by atoms with Crippen molar-refractivity contribution in [3.8, 4) is 0 Å². The molecule has 0 bridgehead atoms. The van der Waals surface area contributed by atoms with E-state index < -0.39 is 12.1 Å². The van der Waals surface area contributed by atoms with Crippen LogP contribution in [0.5, 0.6) is 0 Å². The van der Waals surface area contributed by atoms with Gasteiger partial charge in [-0.15, -0.1) is 0 Å². The summed E-state index contributed by atoms with van der Waals surface area (Å²) >= 11 is 5.81. The smallest absolute Gasteiger partial charge is 0.312 e. The second kappa shape index (κ2) is 6.26. The second-order valence-corrected chi connectivity index (χ2v) is 4.67. The zero-order chi connectivity index (χ0) is 13.7. The highest BCUT2D eigenvalue weighted by Crippen LogP contribution is 2.15. The van der Waals surface area contributed by atoms with Crippen molar-refractivity contribution in [1.29, 1.82) is 0 Å². The van der Waals surface area contributed by atoms with Gasteiger partial charge in [0, 0.05) is 10.7 Å². The average molecular weight is 270 g/mol. The van der Waals surface area contributed by atoms with Crippen LogP contribution in [0.1, 0.15) is 13.8 Å². The van der Waals surface area contributed by atoms with Crippen molar-refractivity contribution >= 4 is 29.2 Å². The lowest BCUT2D eigenvalue weighted by Crippen LogP contribution is -2.49. The summed E-state index contributed by atoms with van der Waals surface area (Å²) in [6.07, 6.45) is 0. The molecule has 0 spiro atoms. The first-order valence-corrected chi connectivity index (χ1v) is 5.90. The van der Waals surface area contributed by atoms with Gasteiger partial charge in [-0.3, -0.25) is 4.79 Å². The molecule has 0 aliphatic carbocycles. The monoisotopic (exact) mass is 269 g/mol. The minimum atomic E-state index is -0.727. The predicted octanol–water partition coefficient (Wildman–Crippen LogP) is 1.97. The summed E-state index contributed by atoms with van der Waals surface area (Å²) in [5.74, 6) is -0.400. The normalized spacial score (nSPS) is 12.0. The number of anilines is 1. The van der Waals surface area contributed by atoms with Gasteiger partial charge in [0.1, 0.15) is 6.04 Å². The number of urea groups is 1.